The Morgan fingerprint density at radius 1 is 0.762 bits per heavy atom. The summed E-state index contributed by atoms with van der Waals surface area (Å²) in [5.74, 6) is 0. The van der Waals surface area contributed by atoms with Gasteiger partial charge in [0, 0.05) is 0 Å². The largest absolute Gasteiger partial charge is 0.411 e. The first-order valence-electron chi connectivity index (χ1n) is 14.2. The summed E-state index contributed by atoms with van der Waals surface area (Å²) in [5.41, 5.74) is 3.07. The van der Waals surface area contributed by atoms with Crippen LogP contribution < -0.4 is 0 Å². The summed E-state index contributed by atoms with van der Waals surface area (Å²) >= 11 is 0. The van der Waals surface area contributed by atoms with E-state index in [1.54, 1.807) is 13.8 Å². The molecule has 0 aromatic heterocycles. The smallest absolute Gasteiger partial charge is 0.333 e. The second kappa shape index (κ2) is 16.7. The highest BCUT2D eigenvalue weighted by Gasteiger charge is 2.48. The molecular formula is C32H40NO8P. The first-order chi connectivity index (χ1) is 20.5. The molecule has 10 heteroatoms. The van der Waals surface area contributed by atoms with Gasteiger partial charge in [0.25, 0.3) is 0 Å². The molecule has 4 atom stereocenters. The molecule has 0 bridgehead atoms. The van der Waals surface area contributed by atoms with Crippen LogP contribution in [0, 0.1) is 0 Å². The van der Waals surface area contributed by atoms with Gasteiger partial charge in [0.05, 0.1) is 45.8 Å². The van der Waals surface area contributed by atoms with Crippen molar-refractivity contribution in [1.29, 1.82) is 0 Å². The second-order valence-electron chi connectivity index (χ2n) is 9.80. The molecule has 0 spiro atoms. The molecule has 42 heavy (non-hydrogen) atoms. The van der Waals surface area contributed by atoms with Crippen molar-refractivity contribution in [2.75, 3.05) is 26.0 Å². The second-order valence-corrected chi connectivity index (χ2v) is 11.9. The molecule has 0 radical (unpaired) electrons. The minimum absolute atomic E-state index is 0.153. The van der Waals surface area contributed by atoms with E-state index in [1.807, 2.05) is 91.0 Å². The predicted molar refractivity (Wildman–Crippen MR) is 160 cm³/mol. The van der Waals surface area contributed by atoms with Gasteiger partial charge in [-0.25, -0.2) is 0 Å². The lowest BCUT2D eigenvalue weighted by Gasteiger charge is -2.42. The summed E-state index contributed by atoms with van der Waals surface area (Å²) in [7, 11) is -3.58. The topological polar surface area (TPSA) is 105 Å². The highest BCUT2D eigenvalue weighted by molar-refractivity contribution is 7.53. The van der Waals surface area contributed by atoms with Crippen molar-refractivity contribution >= 4 is 13.3 Å². The van der Waals surface area contributed by atoms with Crippen LogP contribution in [0.4, 0.5) is 0 Å². The molecule has 9 nitrogen and oxygen atoms in total. The van der Waals surface area contributed by atoms with Crippen LogP contribution in [0.15, 0.2) is 96.2 Å². The van der Waals surface area contributed by atoms with E-state index < -0.39 is 32.0 Å². The Kier molecular flexibility index (Phi) is 12.7. The fourth-order valence-corrected chi connectivity index (χ4v) is 6.56. The number of rotatable bonds is 16. The van der Waals surface area contributed by atoms with Crippen molar-refractivity contribution in [3.8, 4) is 0 Å². The van der Waals surface area contributed by atoms with Crippen LogP contribution >= 0.6 is 7.60 Å². The quantitative estimate of drug-likeness (QED) is 0.118. The van der Waals surface area contributed by atoms with Gasteiger partial charge in [-0.1, -0.05) is 96.2 Å². The van der Waals surface area contributed by atoms with Crippen molar-refractivity contribution in [3.05, 3.63) is 108 Å². The van der Waals surface area contributed by atoms with Crippen LogP contribution in [0.2, 0.25) is 0 Å². The van der Waals surface area contributed by atoms with Gasteiger partial charge in [-0.3, -0.25) is 4.57 Å². The van der Waals surface area contributed by atoms with Crippen molar-refractivity contribution in [2.45, 2.75) is 58.1 Å². The first-order valence-corrected chi connectivity index (χ1v) is 16.0. The van der Waals surface area contributed by atoms with E-state index in [2.05, 4.69) is 5.16 Å². The van der Waals surface area contributed by atoms with E-state index >= 15 is 0 Å². The summed E-state index contributed by atoms with van der Waals surface area (Å²) in [5, 5.41) is 13.9. The number of oxime groups is 1. The van der Waals surface area contributed by atoms with Crippen LogP contribution in [0.3, 0.4) is 0 Å². The predicted octanol–water partition coefficient (Wildman–Crippen LogP) is 6.24. The number of nitrogens with zero attached hydrogens (tertiary/aromatic N) is 1. The standard InChI is InChI=1S/C32H40NO8P/c1-3-39-42(35,40-4-2)24-29-30(33-34)32(38-22-27-18-12-7-13-19-27)31(37-21-26-16-10-6-11-17-26)28(41-29)23-36-20-25-14-8-5-9-15-25/h5-19,28-29,31-32,34H,3-4,20-24H2,1-2H3/t28-,29-,31-,32-/m1/s1. The van der Waals surface area contributed by atoms with E-state index in [9.17, 15) is 9.77 Å². The van der Waals surface area contributed by atoms with E-state index in [-0.39, 0.29) is 44.9 Å². The van der Waals surface area contributed by atoms with Crippen LogP contribution in [-0.4, -0.2) is 61.3 Å². The lowest BCUT2D eigenvalue weighted by atomic mass is 9.95. The Morgan fingerprint density at radius 2 is 1.26 bits per heavy atom. The number of ether oxygens (including phenoxy) is 4. The molecule has 1 heterocycles. The molecule has 1 fully saturated rings. The fourth-order valence-electron chi connectivity index (χ4n) is 4.80. The molecular weight excluding hydrogens is 557 g/mol. The first kappa shape index (κ1) is 32.0. The Labute approximate surface area is 247 Å². The van der Waals surface area contributed by atoms with E-state index in [0.717, 1.165) is 16.7 Å². The zero-order valence-electron chi connectivity index (χ0n) is 24.1. The minimum Gasteiger partial charge on any atom is -0.411 e. The van der Waals surface area contributed by atoms with Gasteiger partial charge in [0.15, 0.2) is 0 Å². The van der Waals surface area contributed by atoms with Gasteiger partial charge in [-0.2, -0.15) is 0 Å². The molecule has 0 aliphatic carbocycles. The summed E-state index contributed by atoms with van der Waals surface area (Å²) in [6, 6.07) is 29.3. The van der Waals surface area contributed by atoms with Gasteiger partial charge in [-0.05, 0) is 30.5 Å². The molecule has 1 saturated heterocycles. The molecule has 1 aliphatic heterocycles. The molecule has 3 aromatic carbocycles. The summed E-state index contributed by atoms with van der Waals surface area (Å²) in [4.78, 5) is 0. The Balaban J connectivity index is 1.63. The molecule has 1 N–H and O–H groups in total. The molecule has 4 rings (SSSR count). The summed E-state index contributed by atoms with van der Waals surface area (Å²) in [6.07, 6.45) is -3.27. The zero-order valence-corrected chi connectivity index (χ0v) is 25.0. The summed E-state index contributed by atoms with van der Waals surface area (Å²) < 4.78 is 50.1. The van der Waals surface area contributed by atoms with Crippen molar-refractivity contribution in [3.63, 3.8) is 0 Å². The molecule has 0 amide bonds. The maximum atomic E-state index is 13.6. The monoisotopic (exact) mass is 597 g/mol. The third-order valence-electron chi connectivity index (χ3n) is 6.73. The molecule has 1 aliphatic rings. The van der Waals surface area contributed by atoms with Gasteiger partial charge in [0.2, 0.25) is 0 Å². The molecule has 0 saturated carbocycles. The van der Waals surface area contributed by atoms with Crippen LogP contribution in [0.25, 0.3) is 0 Å². The molecule has 0 unspecified atom stereocenters. The lowest BCUT2D eigenvalue weighted by Crippen LogP contribution is -2.59. The maximum Gasteiger partial charge on any atom is 0.333 e. The van der Waals surface area contributed by atoms with Crippen molar-refractivity contribution in [1.82, 2.24) is 0 Å². The minimum atomic E-state index is -3.58. The third-order valence-corrected chi connectivity index (χ3v) is 8.82. The highest BCUT2D eigenvalue weighted by atomic mass is 31.2. The average molecular weight is 598 g/mol. The highest BCUT2D eigenvalue weighted by Crippen LogP contribution is 2.50. The van der Waals surface area contributed by atoms with Crippen LogP contribution in [0.5, 0.6) is 0 Å². The van der Waals surface area contributed by atoms with Crippen LogP contribution in [0.1, 0.15) is 30.5 Å². The normalized spacial score (nSPS) is 21.9. The maximum absolute atomic E-state index is 13.6. The van der Waals surface area contributed by atoms with E-state index in [4.69, 9.17) is 28.0 Å². The van der Waals surface area contributed by atoms with Gasteiger partial charge in [0.1, 0.15) is 30.1 Å². The number of benzene rings is 3. The Bertz CT molecular complexity index is 1250. The fraction of sp³-hybridized carbons (Fsp3) is 0.406. The third kappa shape index (κ3) is 9.31. The molecule has 3 aromatic rings. The SMILES string of the molecule is CCOP(=O)(C[C@H]1O[C@H](COCc2ccccc2)[C@@H](OCc2ccccc2)[C@H](OCc2ccccc2)C1=NO)OCC. The van der Waals surface area contributed by atoms with Gasteiger partial charge < -0.3 is 33.2 Å². The van der Waals surface area contributed by atoms with Gasteiger partial charge in [-0.15, -0.1) is 0 Å². The molecule has 226 valence electrons. The Hall–Kier alpha value is -2.88. The van der Waals surface area contributed by atoms with E-state index in [1.165, 1.54) is 0 Å². The van der Waals surface area contributed by atoms with Crippen LogP contribution in [-0.2, 0) is 52.4 Å². The van der Waals surface area contributed by atoms with Crippen molar-refractivity contribution in [2.24, 2.45) is 5.16 Å². The average Bonchev–Trinajstić information content (AvgIpc) is 3.01. The van der Waals surface area contributed by atoms with E-state index in [0.29, 0.717) is 6.61 Å². The lowest BCUT2D eigenvalue weighted by molar-refractivity contribution is -0.173. The number of hydrogen-bond acceptors (Lipinski definition) is 9. The summed E-state index contributed by atoms with van der Waals surface area (Å²) in [6.45, 7) is 4.89. The van der Waals surface area contributed by atoms with Crippen molar-refractivity contribution < 1.29 is 37.8 Å². The van der Waals surface area contributed by atoms with Gasteiger partial charge >= 0.3 is 7.60 Å². The number of hydrogen-bond donors (Lipinski definition) is 1. The zero-order chi connectivity index (χ0) is 29.6. The Morgan fingerprint density at radius 3 is 1.76 bits per heavy atom.